The van der Waals surface area contributed by atoms with E-state index in [2.05, 4.69) is 22.0 Å². The number of hydrogen-bond donors (Lipinski definition) is 0. The van der Waals surface area contributed by atoms with E-state index in [0.717, 1.165) is 56.0 Å². The van der Waals surface area contributed by atoms with Crippen molar-refractivity contribution in [2.75, 3.05) is 38.2 Å². The van der Waals surface area contributed by atoms with Gasteiger partial charge in [0.15, 0.2) is 5.13 Å². The number of hydrogen-bond acceptors (Lipinski definition) is 8. The SMILES string of the molecule is COc1ccc(CN2CCC3(CCN(c4nc(=O)c5cc(C(F)(F)F)cc([N+](=O)[O-])c5s4)CC3)C2)cc1. The molecule has 2 aromatic carbocycles. The Hall–Kier alpha value is -3.25. The summed E-state index contributed by atoms with van der Waals surface area (Å²) in [6.45, 7) is 4.05. The lowest BCUT2D eigenvalue weighted by atomic mass is 9.78. The first-order valence-corrected chi connectivity index (χ1v) is 12.7. The molecule has 3 heterocycles. The Morgan fingerprint density at radius 2 is 1.81 bits per heavy atom. The second kappa shape index (κ2) is 9.56. The molecule has 2 aliphatic heterocycles. The first kappa shape index (κ1) is 25.4. The Bertz CT molecular complexity index is 1390. The number of nitrogens with zero attached hydrogens (tertiary/aromatic N) is 4. The molecule has 2 saturated heterocycles. The van der Waals surface area contributed by atoms with Crippen molar-refractivity contribution in [3.05, 3.63) is 68.0 Å². The van der Waals surface area contributed by atoms with Crippen LogP contribution in [0.15, 0.2) is 41.2 Å². The van der Waals surface area contributed by atoms with E-state index in [4.69, 9.17) is 4.74 Å². The zero-order valence-electron chi connectivity index (χ0n) is 20.1. The number of aromatic nitrogens is 1. The van der Waals surface area contributed by atoms with Crippen LogP contribution in [0.4, 0.5) is 24.0 Å². The largest absolute Gasteiger partial charge is 0.497 e. The first-order valence-electron chi connectivity index (χ1n) is 11.9. The van der Waals surface area contributed by atoms with Crippen LogP contribution in [0.1, 0.15) is 30.4 Å². The van der Waals surface area contributed by atoms with Crippen LogP contribution in [0.3, 0.4) is 0 Å². The summed E-state index contributed by atoms with van der Waals surface area (Å²) in [5, 5.41) is 11.5. The lowest BCUT2D eigenvalue weighted by Gasteiger charge is -2.39. The summed E-state index contributed by atoms with van der Waals surface area (Å²) < 4.78 is 44.8. The smallest absolute Gasteiger partial charge is 0.416 e. The van der Waals surface area contributed by atoms with Gasteiger partial charge in [0.1, 0.15) is 10.4 Å². The minimum absolute atomic E-state index is 0.0835. The highest BCUT2D eigenvalue weighted by molar-refractivity contribution is 7.22. The highest BCUT2D eigenvalue weighted by Gasteiger charge is 2.41. The fourth-order valence-corrected chi connectivity index (χ4v) is 6.42. The Morgan fingerprint density at radius 3 is 2.43 bits per heavy atom. The molecule has 12 heteroatoms. The molecule has 0 radical (unpaired) electrons. The number of nitro groups is 1. The number of methoxy groups -OCH3 is 1. The van der Waals surface area contributed by atoms with Gasteiger partial charge in [-0.05, 0) is 55.0 Å². The lowest BCUT2D eigenvalue weighted by molar-refractivity contribution is -0.383. The average molecular weight is 535 g/mol. The standard InChI is InChI=1S/C25H25F3N4O4S/c1-36-18-4-2-16(3-5-18)14-30-9-6-24(15-30)7-10-31(11-8-24)23-29-22(33)19-12-17(25(26,27)28)13-20(32(34)35)21(19)37-23/h2-5,12-13H,6-11,14-15H2,1H3. The van der Waals surface area contributed by atoms with Gasteiger partial charge < -0.3 is 9.64 Å². The van der Waals surface area contributed by atoms with Crippen LogP contribution < -0.4 is 15.2 Å². The second-order valence-corrected chi connectivity index (χ2v) is 10.7. The Labute approximate surface area is 214 Å². The summed E-state index contributed by atoms with van der Waals surface area (Å²) >= 11 is 0.903. The number of anilines is 1. The number of halogens is 3. The number of ether oxygens (including phenoxy) is 1. The molecule has 0 unspecified atom stereocenters. The topological polar surface area (TPSA) is 88.8 Å². The minimum atomic E-state index is -4.81. The van der Waals surface area contributed by atoms with Crippen molar-refractivity contribution in [2.45, 2.75) is 32.0 Å². The second-order valence-electron chi connectivity index (χ2n) is 9.72. The molecule has 0 saturated carbocycles. The Balaban J connectivity index is 1.31. The van der Waals surface area contributed by atoms with E-state index in [9.17, 15) is 28.1 Å². The first-order chi connectivity index (χ1) is 17.6. The van der Waals surface area contributed by atoms with Crippen LogP contribution in [0, 0.1) is 15.5 Å². The van der Waals surface area contributed by atoms with Crippen molar-refractivity contribution < 1.29 is 22.8 Å². The van der Waals surface area contributed by atoms with Gasteiger partial charge in [-0.15, -0.1) is 0 Å². The quantitative estimate of drug-likeness (QED) is 0.333. The molecule has 37 heavy (non-hydrogen) atoms. The molecule has 2 aliphatic rings. The number of piperidine rings is 1. The van der Waals surface area contributed by atoms with Gasteiger partial charge in [0, 0.05) is 32.2 Å². The summed E-state index contributed by atoms with van der Waals surface area (Å²) in [6.07, 6.45) is -1.99. The molecular formula is C25H25F3N4O4S. The molecule has 2 fully saturated rings. The number of alkyl halides is 3. The third-order valence-corrected chi connectivity index (χ3v) is 8.56. The number of non-ortho nitro benzene ring substituents is 1. The maximum absolute atomic E-state index is 13.2. The van der Waals surface area contributed by atoms with E-state index in [0.29, 0.717) is 30.4 Å². The molecule has 1 aromatic heterocycles. The van der Waals surface area contributed by atoms with Gasteiger partial charge in [-0.3, -0.25) is 19.8 Å². The zero-order valence-corrected chi connectivity index (χ0v) is 20.9. The molecule has 196 valence electrons. The summed E-state index contributed by atoms with van der Waals surface area (Å²) in [5.74, 6) is 0.824. The minimum Gasteiger partial charge on any atom is -0.497 e. The van der Waals surface area contributed by atoms with Gasteiger partial charge >= 0.3 is 6.18 Å². The third-order valence-electron chi connectivity index (χ3n) is 7.39. The van der Waals surface area contributed by atoms with Crippen molar-refractivity contribution in [3.8, 4) is 5.75 Å². The van der Waals surface area contributed by atoms with Crippen LogP contribution in [0.25, 0.3) is 10.1 Å². The molecule has 0 aliphatic carbocycles. The number of fused-ring (bicyclic) bond motifs is 1. The Kier molecular flexibility index (Phi) is 6.57. The van der Waals surface area contributed by atoms with Crippen molar-refractivity contribution in [2.24, 2.45) is 5.41 Å². The predicted octanol–water partition coefficient (Wildman–Crippen LogP) is 5.08. The Morgan fingerprint density at radius 1 is 1.14 bits per heavy atom. The monoisotopic (exact) mass is 534 g/mol. The van der Waals surface area contributed by atoms with E-state index >= 15 is 0 Å². The normalized spacial score (nSPS) is 18.0. The van der Waals surface area contributed by atoms with Gasteiger partial charge in [0.25, 0.3) is 11.2 Å². The van der Waals surface area contributed by atoms with E-state index in [1.54, 1.807) is 7.11 Å². The maximum Gasteiger partial charge on any atom is 0.416 e. The summed E-state index contributed by atoms with van der Waals surface area (Å²) in [5.41, 5.74) is -1.47. The summed E-state index contributed by atoms with van der Waals surface area (Å²) in [6, 6.07) is 9.18. The fraction of sp³-hybridized carbons (Fsp3) is 0.440. The molecule has 3 aromatic rings. The average Bonchev–Trinajstić information content (AvgIpc) is 3.25. The van der Waals surface area contributed by atoms with E-state index < -0.39 is 27.9 Å². The number of nitro benzene ring substituents is 1. The molecule has 5 rings (SSSR count). The number of likely N-dealkylation sites (tertiary alicyclic amines) is 1. The van der Waals surface area contributed by atoms with Crippen LogP contribution >= 0.6 is 11.3 Å². The molecular weight excluding hydrogens is 509 g/mol. The molecule has 8 nitrogen and oxygen atoms in total. The molecule has 0 bridgehead atoms. The fourth-order valence-electron chi connectivity index (χ4n) is 5.31. The van der Waals surface area contributed by atoms with Crippen molar-refractivity contribution in [1.82, 2.24) is 9.88 Å². The molecule has 0 atom stereocenters. The van der Waals surface area contributed by atoms with Crippen LogP contribution in [0.2, 0.25) is 0 Å². The van der Waals surface area contributed by atoms with Crippen LogP contribution in [-0.2, 0) is 12.7 Å². The van der Waals surface area contributed by atoms with Gasteiger partial charge in [-0.25, -0.2) is 0 Å². The molecule has 0 amide bonds. The summed E-state index contributed by atoms with van der Waals surface area (Å²) in [7, 11) is 1.64. The van der Waals surface area contributed by atoms with Crippen molar-refractivity contribution >= 4 is 32.2 Å². The van der Waals surface area contributed by atoms with Crippen LogP contribution in [-0.4, -0.2) is 48.1 Å². The van der Waals surface area contributed by atoms with Gasteiger partial charge in [0.05, 0.1) is 23.0 Å². The van der Waals surface area contributed by atoms with E-state index in [-0.39, 0.29) is 15.5 Å². The third kappa shape index (κ3) is 5.12. The van der Waals surface area contributed by atoms with Crippen molar-refractivity contribution in [1.29, 1.82) is 0 Å². The maximum atomic E-state index is 13.2. The van der Waals surface area contributed by atoms with Gasteiger partial charge in [-0.1, -0.05) is 23.5 Å². The molecule has 0 N–H and O–H groups in total. The number of benzene rings is 2. The lowest BCUT2D eigenvalue weighted by Crippen LogP contribution is -2.42. The van der Waals surface area contributed by atoms with Gasteiger partial charge in [-0.2, -0.15) is 18.2 Å². The highest BCUT2D eigenvalue weighted by atomic mass is 32.1. The predicted molar refractivity (Wildman–Crippen MR) is 134 cm³/mol. The van der Waals surface area contributed by atoms with Crippen molar-refractivity contribution in [3.63, 3.8) is 0 Å². The molecule has 1 spiro atoms. The summed E-state index contributed by atoms with van der Waals surface area (Å²) in [4.78, 5) is 31.7. The van der Waals surface area contributed by atoms with E-state index in [1.165, 1.54) is 5.56 Å². The van der Waals surface area contributed by atoms with Gasteiger partial charge in [0.2, 0.25) is 0 Å². The highest BCUT2D eigenvalue weighted by Crippen LogP contribution is 2.43. The van der Waals surface area contributed by atoms with E-state index in [1.807, 2.05) is 17.0 Å². The zero-order chi connectivity index (χ0) is 26.4. The number of rotatable bonds is 5. The van der Waals surface area contributed by atoms with Crippen LogP contribution in [0.5, 0.6) is 5.75 Å².